The molecule has 1 aliphatic carbocycles. The van der Waals surface area contributed by atoms with Gasteiger partial charge < -0.3 is 5.32 Å². The van der Waals surface area contributed by atoms with Crippen LogP contribution in [0.4, 0.5) is 5.69 Å². The Bertz CT molecular complexity index is 1030. The zero-order valence-corrected chi connectivity index (χ0v) is 15.8. The van der Waals surface area contributed by atoms with Crippen LogP contribution in [0.1, 0.15) is 35.4 Å². The Kier molecular flexibility index (Phi) is 4.54. The number of nitrogens with one attached hydrogen (secondary N) is 1. The van der Waals surface area contributed by atoms with Crippen LogP contribution in [0.15, 0.2) is 59.5 Å². The third kappa shape index (κ3) is 3.27. The van der Waals surface area contributed by atoms with Gasteiger partial charge in [0.2, 0.25) is 0 Å². The van der Waals surface area contributed by atoms with E-state index in [9.17, 15) is 13.2 Å². The summed E-state index contributed by atoms with van der Waals surface area (Å²) in [5.41, 5.74) is 0.506. The lowest BCUT2D eigenvalue weighted by atomic mass is 10.2. The summed E-state index contributed by atoms with van der Waals surface area (Å²) in [6.07, 6.45) is 3.37. The lowest BCUT2D eigenvalue weighted by Gasteiger charge is -2.12. The number of fused-ring (bicyclic) bond motifs is 1. The minimum absolute atomic E-state index is 0.221. The summed E-state index contributed by atoms with van der Waals surface area (Å²) >= 11 is 1.42. The fraction of sp³-hybridized carbons (Fsp3) is 0.250. The second kappa shape index (κ2) is 6.85. The van der Waals surface area contributed by atoms with E-state index in [0.717, 1.165) is 35.8 Å². The van der Waals surface area contributed by atoms with Crippen LogP contribution < -0.4 is 5.32 Å². The van der Waals surface area contributed by atoms with Crippen molar-refractivity contribution in [2.45, 2.75) is 35.8 Å². The first-order valence-corrected chi connectivity index (χ1v) is 11.0. The Morgan fingerprint density at radius 1 is 1.00 bits per heavy atom. The van der Waals surface area contributed by atoms with Gasteiger partial charge in [-0.2, -0.15) is 0 Å². The van der Waals surface area contributed by atoms with Crippen LogP contribution in [-0.4, -0.2) is 19.6 Å². The minimum atomic E-state index is -3.33. The highest BCUT2D eigenvalue weighted by atomic mass is 32.2. The van der Waals surface area contributed by atoms with Gasteiger partial charge in [0.15, 0.2) is 9.84 Å². The van der Waals surface area contributed by atoms with Crippen LogP contribution in [0, 0.1) is 0 Å². The molecular formula is C20H19NO3S2. The molecule has 3 aromatic rings. The monoisotopic (exact) mass is 385 g/mol. The lowest BCUT2D eigenvalue weighted by Crippen LogP contribution is -2.18. The number of benzene rings is 2. The van der Waals surface area contributed by atoms with Crippen molar-refractivity contribution in [2.24, 2.45) is 0 Å². The number of carbonyl (C=O) groups is 1. The maximum absolute atomic E-state index is 12.7. The molecule has 6 heteroatoms. The van der Waals surface area contributed by atoms with Gasteiger partial charge in [0.05, 0.1) is 15.0 Å². The normalized spacial score (nSPS) is 15.4. The van der Waals surface area contributed by atoms with Crippen molar-refractivity contribution >= 4 is 42.9 Å². The van der Waals surface area contributed by atoms with Crippen molar-refractivity contribution in [1.29, 1.82) is 0 Å². The molecule has 1 saturated carbocycles. The molecule has 4 rings (SSSR count). The molecule has 0 aliphatic heterocycles. The topological polar surface area (TPSA) is 63.2 Å². The number of anilines is 1. The molecule has 134 valence electrons. The highest BCUT2D eigenvalue weighted by Gasteiger charge is 2.30. The van der Waals surface area contributed by atoms with Crippen molar-refractivity contribution in [3.63, 3.8) is 0 Å². The number of carbonyl (C=O) groups excluding carboxylic acids is 1. The molecule has 0 spiro atoms. The molecule has 0 radical (unpaired) electrons. The summed E-state index contributed by atoms with van der Waals surface area (Å²) in [4.78, 5) is 13.4. The van der Waals surface area contributed by atoms with Crippen LogP contribution in [0.25, 0.3) is 10.1 Å². The van der Waals surface area contributed by atoms with E-state index >= 15 is 0 Å². The Morgan fingerprint density at radius 2 is 1.77 bits per heavy atom. The summed E-state index contributed by atoms with van der Waals surface area (Å²) in [6.45, 7) is 0. The third-order valence-corrected chi connectivity index (χ3v) is 8.19. The zero-order valence-electron chi connectivity index (χ0n) is 14.1. The van der Waals surface area contributed by atoms with Crippen molar-refractivity contribution < 1.29 is 13.2 Å². The molecule has 1 heterocycles. The number of amides is 1. The number of thiophene rings is 1. The fourth-order valence-corrected chi connectivity index (χ4v) is 6.28. The summed E-state index contributed by atoms with van der Waals surface area (Å²) in [6, 6.07) is 16.3. The van der Waals surface area contributed by atoms with E-state index in [2.05, 4.69) is 5.32 Å². The SMILES string of the molecule is O=C(Nc1cccc(S(=O)(=O)C2CCCC2)c1)c1cc2ccccc2s1. The van der Waals surface area contributed by atoms with Gasteiger partial charge >= 0.3 is 0 Å². The smallest absolute Gasteiger partial charge is 0.265 e. The lowest BCUT2D eigenvalue weighted by molar-refractivity contribution is 0.103. The van der Waals surface area contributed by atoms with E-state index in [1.165, 1.54) is 11.3 Å². The molecule has 4 nitrogen and oxygen atoms in total. The van der Waals surface area contributed by atoms with Crippen molar-refractivity contribution in [1.82, 2.24) is 0 Å². The minimum Gasteiger partial charge on any atom is -0.321 e. The highest BCUT2D eigenvalue weighted by Crippen LogP contribution is 2.31. The van der Waals surface area contributed by atoms with E-state index in [1.807, 2.05) is 30.3 Å². The van der Waals surface area contributed by atoms with E-state index in [0.29, 0.717) is 15.5 Å². The molecule has 1 aliphatic rings. The van der Waals surface area contributed by atoms with Crippen molar-refractivity contribution in [3.05, 3.63) is 59.5 Å². The molecule has 0 atom stereocenters. The molecule has 0 saturated heterocycles. The summed E-state index contributed by atoms with van der Waals surface area (Å²) in [5, 5.41) is 3.56. The second-order valence-corrected chi connectivity index (χ2v) is 9.89. The van der Waals surface area contributed by atoms with Crippen LogP contribution in [0.2, 0.25) is 0 Å². The van der Waals surface area contributed by atoms with Crippen LogP contribution >= 0.6 is 11.3 Å². The number of rotatable bonds is 4. The first-order valence-electron chi connectivity index (χ1n) is 8.68. The maximum Gasteiger partial charge on any atom is 0.265 e. The van der Waals surface area contributed by atoms with Gasteiger partial charge in [-0.3, -0.25) is 4.79 Å². The molecule has 1 aromatic heterocycles. The van der Waals surface area contributed by atoms with E-state index in [4.69, 9.17) is 0 Å². The molecule has 1 fully saturated rings. The predicted octanol–water partition coefficient (Wildman–Crippen LogP) is 4.87. The quantitative estimate of drug-likeness (QED) is 0.697. The van der Waals surface area contributed by atoms with Gasteiger partial charge in [-0.15, -0.1) is 11.3 Å². The number of sulfone groups is 1. The largest absolute Gasteiger partial charge is 0.321 e. The molecule has 26 heavy (non-hydrogen) atoms. The van der Waals surface area contributed by atoms with E-state index < -0.39 is 9.84 Å². The zero-order chi connectivity index (χ0) is 18.1. The molecular weight excluding hydrogens is 366 g/mol. The van der Waals surface area contributed by atoms with Gasteiger partial charge in [0, 0.05) is 10.4 Å². The van der Waals surface area contributed by atoms with Gasteiger partial charge in [-0.1, -0.05) is 37.1 Å². The highest BCUT2D eigenvalue weighted by molar-refractivity contribution is 7.92. The van der Waals surface area contributed by atoms with Crippen LogP contribution in [0.3, 0.4) is 0 Å². The van der Waals surface area contributed by atoms with E-state index in [-0.39, 0.29) is 11.2 Å². The molecule has 0 unspecified atom stereocenters. The standard InChI is InChI=1S/C20H19NO3S2/c22-20(19-12-14-6-1-4-11-18(14)25-19)21-15-7-5-10-17(13-15)26(23,24)16-8-2-3-9-16/h1,4-7,10-13,16H,2-3,8-9H2,(H,21,22). The average molecular weight is 386 g/mol. The Morgan fingerprint density at radius 3 is 2.54 bits per heavy atom. The Labute approximate surface area is 156 Å². The fourth-order valence-electron chi connectivity index (χ4n) is 3.43. The molecule has 2 aromatic carbocycles. The van der Waals surface area contributed by atoms with E-state index in [1.54, 1.807) is 24.3 Å². The predicted molar refractivity (Wildman–Crippen MR) is 106 cm³/mol. The number of hydrogen-bond acceptors (Lipinski definition) is 4. The van der Waals surface area contributed by atoms with Crippen LogP contribution in [0.5, 0.6) is 0 Å². The average Bonchev–Trinajstić information content (AvgIpc) is 3.32. The van der Waals surface area contributed by atoms with Gasteiger partial charge in [0.1, 0.15) is 0 Å². The third-order valence-electron chi connectivity index (χ3n) is 4.81. The first-order chi connectivity index (χ1) is 12.5. The van der Waals surface area contributed by atoms with Gasteiger partial charge in [-0.25, -0.2) is 8.42 Å². The second-order valence-electron chi connectivity index (χ2n) is 6.58. The van der Waals surface area contributed by atoms with Crippen molar-refractivity contribution in [3.8, 4) is 0 Å². The Hall–Kier alpha value is -2.18. The van der Waals surface area contributed by atoms with Gasteiger partial charge in [-0.05, 0) is 48.6 Å². The maximum atomic E-state index is 12.7. The summed E-state index contributed by atoms with van der Waals surface area (Å²) in [7, 11) is -3.33. The molecule has 1 amide bonds. The first kappa shape index (κ1) is 17.2. The molecule has 1 N–H and O–H groups in total. The summed E-state index contributed by atoms with van der Waals surface area (Å²) < 4.78 is 26.5. The number of hydrogen-bond donors (Lipinski definition) is 1. The van der Waals surface area contributed by atoms with Gasteiger partial charge in [0.25, 0.3) is 5.91 Å². The van der Waals surface area contributed by atoms with Crippen LogP contribution in [-0.2, 0) is 9.84 Å². The Balaban J connectivity index is 1.57. The molecule has 0 bridgehead atoms. The van der Waals surface area contributed by atoms with Crippen molar-refractivity contribution in [2.75, 3.05) is 5.32 Å². The summed E-state index contributed by atoms with van der Waals surface area (Å²) in [5.74, 6) is -0.221.